The number of benzene rings is 2. The molecule has 7 heteroatoms. The highest BCUT2D eigenvalue weighted by atomic mass is 19.4. The molecule has 0 bridgehead atoms. The van der Waals surface area contributed by atoms with Crippen LogP contribution in [-0.2, 0) is 6.18 Å². The molecule has 0 aliphatic heterocycles. The highest BCUT2D eigenvalue weighted by molar-refractivity contribution is 6.06. The van der Waals surface area contributed by atoms with Crippen molar-refractivity contribution < 1.29 is 17.6 Å². The average molecular weight is 343 g/mol. The van der Waals surface area contributed by atoms with E-state index in [2.05, 4.69) is 15.3 Å². The number of aryl methyl sites for hydroxylation is 1. The quantitative estimate of drug-likeness (QED) is 0.526. The number of aromatic nitrogens is 2. The molecule has 2 aromatic heterocycles. The van der Waals surface area contributed by atoms with E-state index < -0.39 is 11.7 Å². The number of para-hydroxylation sites is 1. The Bertz CT molecular complexity index is 1090. The topological polar surface area (TPSA) is 51.0 Å². The van der Waals surface area contributed by atoms with E-state index >= 15 is 0 Å². The maximum atomic E-state index is 12.9. The normalized spacial score (nSPS) is 12.0. The van der Waals surface area contributed by atoms with Gasteiger partial charge in [-0.25, -0.2) is 9.97 Å². The van der Waals surface area contributed by atoms with Crippen LogP contribution in [0.3, 0.4) is 0 Å². The Balaban J connectivity index is 1.85. The van der Waals surface area contributed by atoms with Crippen LogP contribution in [0.1, 0.15) is 11.4 Å². The van der Waals surface area contributed by atoms with Gasteiger partial charge in [-0.1, -0.05) is 18.2 Å². The Morgan fingerprint density at radius 3 is 2.60 bits per heavy atom. The molecule has 4 nitrogen and oxygen atoms in total. The molecule has 0 radical (unpaired) electrons. The minimum atomic E-state index is -4.41. The predicted octanol–water partition coefficient (Wildman–Crippen LogP) is 5.45. The molecule has 0 atom stereocenters. The van der Waals surface area contributed by atoms with Crippen LogP contribution in [0, 0.1) is 6.92 Å². The highest BCUT2D eigenvalue weighted by Crippen LogP contribution is 2.34. The van der Waals surface area contributed by atoms with Crippen LogP contribution in [0.5, 0.6) is 0 Å². The third kappa shape index (κ3) is 2.77. The molecule has 0 saturated heterocycles. The smallest absolute Gasteiger partial charge is 0.416 e. The fourth-order valence-corrected chi connectivity index (χ4v) is 2.70. The average Bonchev–Trinajstić information content (AvgIpc) is 2.93. The molecule has 0 amide bonds. The summed E-state index contributed by atoms with van der Waals surface area (Å²) in [5.41, 5.74) is 1.21. The lowest BCUT2D eigenvalue weighted by Gasteiger charge is -2.10. The molecule has 4 aromatic rings. The number of rotatable bonds is 2. The minimum Gasteiger partial charge on any atom is -0.450 e. The Kier molecular flexibility index (Phi) is 3.38. The number of hydrogen-bond acceptors (Lipinski definition) is 4. The standard InChI is InChI=1S/C18H12F3N3O/c1-10-22-15-13-7-2-3-8-14(13)25-16(15)17(23-10)24-12-6-4-5-11(9-12)18(19,20)21/h2-9H,1H3,(H,22,23,24). The molecule has 0 saturated carbocycles. The zero-order valence-electron chi connectivity index (χ0n) is 13.1. The lowest BCUT2D eigenvalue weighted by Crippen LogP contribution is -2.05. The van der Waals surface area contributed by atoms with Crippen LogP contribution < -0.4 is 5.32 Å². The van der Waals surface area contributed by atoms with Gasteiger partial charge >= 0.3 is 6.18 Å². The van der Waals surface area contributed by atoms with Crippen molar-refractivity contribution in [1.82, 2.24) is 9.97 Å². The van der Waals surface area contributed by atoms with Crippen molar-refractivity contribution in [3.63, 3.8) is 0 Å². The van der Waals surface area contributed by atoms with Crippen molar-refractivity contribution in [2.24, 2.45) is 0 Å². The van der Waals surface area contributed by atoms with Gasteiger partial charge in [0.15, 0.2) is 11.4 Å². The van der Waals surface area contributed by atoms with Crippen LogP contribution in [0.4, 0.5) is 24.7 Å². The molecule has 126 valence electrons. The van der Waals surface area contributed by atoms with Crippen molar-refractivity contribution in [3.8, 4) is 0 Å². The largest absolute Gasteiger partial charge is 0.450 e. The van der Waals surface area contributed by atoms with Gasteiger partial charge in [0.05, 0.1) is 5.56 Å². The van der Waals surface area contributed by atoms with E-state index in [1.807, 2.05) is 18.2 Å². The summed E-state index contributed by atoms with van der Waals surface area (Å²) in [5, 5.41) is 3.75. The summed E-state index contributed by atoms with van der Waals surface area (Å²) >= 11 is 0. The van der Waals surface area contributed by atoms with Crippen LogP contribution in [0.2, 0.25) is 0 Å². The van der Waals surface area contributed by atoms with Crippen LogP contribution in [-0.4, -0.2) is 9.97 Å². The summed E-state index contributed by atoms with van der Waals surface area (Å²) < 4.78 is 44.5. The van der Waals surface area contributed by atoms with Gasteiger partial charge in [0.1, 0.15) is 16.9 Å². The van der Waals surface area contributed by atoms with Gasteiger partial charge in [-0.05, 0) is 37.3 Å². The van der Waals surface area contributed by atoms with Gasteiger partial charge in [0, 0.05) is 11.1 Å². The third-order valence-electron chi connectivity index (χ3n) is 3.78. The Labute approximate surface area is 140 Å². The van der Waals surface area contributed by atoms with E-state index in [-0.39, 0.29) is 5.69 Å². The van der Waals surface area contributed by atoms with E-state index in [9.17, 15) is 13.2 Å². The van der Waals surface area contributed by atoms with Crippen molar-refractivity contribution >= 4 is 33.6 Å². The molecule has 0 unspecified atom stereocenters. The SMILES string of the molecule is Cc1nc(Nc2cccc(C(F)(F)F)c2)c2oc3ccccc3c2n1. The summed E-state index contributed by atoms with van der Waals surface area (Å²) in [5.74, 6) is 0.826. The Hall–Kier alpha value is -3.09. The van der Waals surface area contributed by atoms with Crippen molar-refractivity contribution in [1.29, 1.82) is 0 Å². The zero-order chi connectivity index (χ0) is 17.6. The van der Waals surface area contributed by atoms with E-state index in [4.69, 9.17) is 4.42 Å². The Morgan fingerprint density at radius 2 is 1.80 bits per heavy atom. The molecular formula is C18H12F3N3O. The number of fused-ring (bicyclic) bond motifs is 3. The molecule has 2 aromatic carbocycles. The van der Waals surface area contributed by atoms with Gasteiger partial charge in [-0.15, -0.1) is 0 Å². The van der Waals surface area contributed by atoms with E-state index in [1.165, 1.54) is 6.07 Å². The second kappa shape index (κ2) is 5.47. The van der Waals surface area contributed by atoms with Gasteiger partial charge in [0.2, 0.25) is 0 Å². The van der Waals surface area contributed by atoms with Crippen LogP contribution >= 0.6 is 0 Å². The molecule has 4 rings (SSSR count). The van der Waals surface area contributed by atoms with E-state index in [0.29, 0.717) is 28.3 Å². The van der Waals surface area contributed by atoms with Gasteiger partial charge < -0.3 is 9.73 Å². The van der Waals surface area contributed by atoms with Crippen molar-refractivity contribution in [3.05, 3.63) is 59.9 Å². The Morgan fingerprint density at radius 1 is 1.00 bits per heavy atom. The minimum absolute atomic E-state index is 0.273. The molecule has 25 heavy (non-hydrogen) atoms. The summed E-state index contributed by atoms with van der Waals surface area (Å²) in [6.45, 7) is 1.72. The van der Waals surface area contributed by atoms with Crippen LogP contribution in [0.15, 0.2) is 52.9 Å². The van der Waals surface area contributed by atoms with E-state index in [0.717, 1.165) is 17.5 Å². The fourth-order valence-electron chi connectivity index (χ4n) is 2.70. The summed E-state index contributed by atoms with van der Waals surface area (Å²) in [4.78, 5) is 8.68. The number of alkyl halides is 3. The van der Waals surface area contributed by atoms with E-state index in [1.54, 1.807) is 19.1 Å². The molecule has 0 spiro atoms. The number of nitrogens with one attached hydrogen (secondary N) is 1. The lowest BCUT2D eigenvalue weighted by molar-refractivity contribution is -0.137. The number of furan rings is 1. The number of nitrogens with zero attached hydrogens (tertiary/aromatic N) is 2. The highest BCUT2D eigenvalue weighted by Gasteiger charge is 2.30. The molecule has 0 aliphatic rings. The first kappa shape index (κ1) is 15.4. The molecular weight excluding hydrogens is 331 g/mol. The second-order valence-corrected chi connectivity index (χ2v) is 5.60. The molecule has 2 heterocycles. The first-order chi connectivity index (χ1) is 11.9. The molecule has 1 N–H and O–H groups in total. The predicted molar refractivity (Wildman–Crippen MR) is 88.8 cm³/mol. The lowest BCUT2D eigenvalue weighted by atomic mass is 10.2. The van der Waals surface area contributed by atoms with Gasteiger partial charge in [-0.3, -0.25) is 0 Å². The third-order valence-corrected chi connectivity index (χ3v) is 3.78. The fraction of sp³-hybridized carbons (Fsp3) is 0.111. The number of hydrogen-bond donors (Lipinski definition) is 1. The van der Waals surface area contributed by atoms with Crippen molar-refractivity contribution in [2.75, 3.05) is 5.32 Å². The van der Waals surface area contributed by atoms with Crippen molar-refractivity contribution in [2.45, 2.75) is 13.1 Å². The van der Waals surface area contributed by atoms with Gasteiger partial charge in [0.25, 0.3) is 0 Å². The van der Waals surface area contributed by atoms with Crippen LogP contribution in [0.25, 0.3) is 22.1 Å². The first-order valence-corrected chi connectivity index (χ1v) is 7.52. The monoisotopic (exact) mass is 343 g/mol. The summed E-state index contributed by atoms with van der Waals surface area (Å²) in [6, 6.07) is 12.3. The zero-order valence-corrected chi connectivity index (χ0v) is 13.1. The van der Waals surface area contributed by atoms with Gasteiger partial charge in [-0.2, -0.15) is 13.2 Å². The number of halogens is 3. The maximum Gasteiger partial charge on any atom is 0.416 e. The first-order valence-electron chi connectivity index (χ1n) is 7.52. The second-order valence-electron chi connectivity index (χ2n) is 5.60. The molecule has 0 fully saturated rings. The number of anilines is 2. The summed E-state index contributed by atoms with van der Waals surface area (Å²) in [6.07, 6.45) is -4.41. The molecule has 0 aliphatic carbocycles. The summed E-state index contributed by atoms with van der Waals surface area (Å²) in [7, 11) is 0. The maximum absolute atomic E-state index is 12.9.